The summed E-state index contributed by atoms with van der Waals surface area (Å²) in [7, 11) is -2.95. The van der Waals surface area contributed by atoms with Gasteiger partial charge in [-0.1, -0.05) is 230 Å². The number of rotatable bonds is 9. The van der Waals surface area contributed by atoms with Crippen LogP contribution in [0.4, 0.5) is 11.4 Å². The van der Waals surface area contributed by atoms with Gasteiger partial charge >= 0.3 is 0 Å². The molecule has 62 heavy (non-hydrogen) atoms. The fourth-order valence-electron chi connectivity index (χ4n) is 8.17. The Morgan fingerprint density at radius 2 is 1.02 bits per heavy atom. The van der Waals surface area contributed by atoms with Crippen LogP contribution in [0.15, 0.2) is 169 Å². The van der Waals surface area contributed by atoms with Gasteiger partial charge in [-0.25, -0.2) is 5.01 Å². The van der Waals surface area contributed by atoms with E-state index in [4.69, 9.17) is 5.10 Å². The Balaban J connectivity index is 0.000000188. The van der Waals surface area contributed by atoms with Crippen molar-refractivity contribution in [2.75, 3.05) is 5.01 Å². The van der Waals surface area contributed by atoms with E-state index in [2.05, 4.69) is 205 Å². The molecule has 0 amide bonds. The van der Waals surface area contributed by atoms with Crippen LogP contribution in [0.2, 0.25) is 63.5 Å². The van der Waals surface area contributed by atoms with Gasteiger partial charge in [0.1, 0.15) is 0 Å². The first-order chi connectivity index (χ1) is 29.6. The number of para-hydroxylation sites is 3. The highest BCUT2D eigenvalue weighted by molar-refractivity contribution is 6.91. The molecule has 0 spiro atoms. The highest BCUT2D eigenvalue weighted by atomic mass is 28.3. The van der Waals surface area contributed by atoms with Crippen molar-refractivity contribution < 1.29 is 0 Å². The van der Waals surface area contributed by atoms with Crippen LogP contribution in [0, 0.1) is 0 Å². The molecule has 6 aromatic carbocycles. The lowest BCUT2D eigenvalue weighted by molar-refractivity contribution is 0.494. The van der Waals surface area contributed by atoms with E-state index in [9.17, 15) is 0 Å². The fourth-order valence-corrected chi connectivity index (χ4v) is 13.3. The summed E-state index contributed by atoms with van der Waals surface area (Å²) in [6.07, 6.45) is 9.30. The summed E-state index contributed by atoms with van der Waals surface area (Å²) in [5, 5.41) is 12.6. The summed E-state index contributed by atoms with van der Waals surface area (Å²) in [6.45, 7) is 27.1. The number of aromatic nitrogens is 1. The smallest absolute Gasteiger partial charge is 0.0836 e. The molecule has 0 radical (unpaired) electrons. The summed E-state index contributed by atoms with van der Waals surface area (Å²) < 4.78 is 2.37. The second-order valence-corrected chi connectivity index (χ2v) is 35.9. The van der Waals surface area contributed by atoms with Crippen molar-refractivity contribution in [1.29, 1.82) is 0 Å². The zero-order chi connectivity index (χ0) is 44.8. The Hall–Kier alpha value is -4.76. The predicted octanol–water partition coefficient (Wildman–Crippen LogP) is 15.9. The maximum absolute atomic E-state index is 4.85. The minimum absolute atomic E-state index is 0.611. The number of fused-ring (bicyclic) bond motifs is 3. The van der Waals surface area contributed by atoms with Crippen LogP contribution in [0.3, 0.4) is 0 Å². The standard InChI is InChI=1S/C27H23N3.C14H22Si.C11H18Si.C4H12Si/c1-2-29-26-16-10-9-15-24(26)25-19-21(17-18-27(25)29)20-28-30(22-11-5-3-6-12-22)23-13-7-4-8-14-23;1-15(2,13-9-5-3-6-10-13)14-11-7-4-8-12-14;1-10(2)12(3,4)11-8-6-5-7-9-11;1-5(2,3)4/h3-20H,2H2,1H3;3,5-6,9-10,14H,4,7-8,11-12H2,1-2H3;5-10H,1-4H3;1-4H3/b28-20-;;;. The molecule has 3 nitrogen and oxygen atoms in total. The molecule has 0 aliphatic heterocycles. The zero-order valence-electron chi connectivity index (χ0n) is 39.9. The van der Waals surface area contributed by atoms with E-state index in [1.165, 1.54) is 53.9 Å². The van der Waals surface area contributed by atoms with Crippen LogP contribution < -0.4 is 15.4 Å². The molecule has 1 heterocycles. The highest BCUT2D eigenvalue weighted by Gasteiger charge is 2.34. The van der Waals surface area contributed by atoms with Gasteiger partial charge in [-0.05, 0) is 66.0 Å². The number of hydrazone groups is 1. The average molecular weight is 874 g/mol. The van der Waals surface area contributed by atoms with Gasteiger partial charge in [-0.3, -0.25) is 0 Å². The number of aryl methyl sites for hydroxylation is 1. The molecule has 0 bridgehead atoms. The first-order valence-corrected chi connectivity index (χ1v) is 33.3. The topological polar surface area (TPSA) is 20.5 Å². The third-order valence-electron chi connectivity index (χ3n) is 12.5. The van der Waals surface area contributed by atoms with Crippen molar-refractivity contribution in [1.82, 2.24) is 4.57 Å². The Kier molecular flexibility index (Phi) is 17.6. The normalized spacial score (nSPS) is 13.5. The monoisotopic (exact) mass is 874 g/mol. The van der Waals surface area contributed by atoms with Crippen LogP contribution in [-0.2, 0) is 6.54 Å². The Morgan fingerprint density at radius 1 is 0.565 bits per heavy atom. The Labute approximate surface area is 379 Å². The molecular weight excluding hydrogens is 799 g/mol. The summed E-state index contributed by atoms with van der Waals surface area (Å²) >= 11 is 0. The van der Waals surface area contributed by atoms with Crippen molar-refractivity contribution in [2.45, 2.75) is 123 Å². The molecule has 1 aliphatic rings. The molecule has 0 atom stereocenters. The second-order valence-electron chi connectivity index (χ2n) is 19.9. The molecule has 7 aromatic rings. The van der Waals surface area contributed by atoms with E-state index in [-0.39, 0.29) is 0 Å². The Bertz CT molecular complexity index is 2350. The molecule has 326 valence electrons. The van der Waals surface area contributed by atoms with E-state index in [1.807, 2.05) is 47.6 Å². The van der Waals surface area contributed by atoms with Gasteiger partial charge in [0.2, 0.25) is 0 Å². The lowest BCUT2D eigenvalue weighted by Crippen LogP contribution is -2.46. The van der Waals surface area contributed by atoms with Gasteiger partial charge in [-0.2, -0.15) is 5.10 Å². The first kappa shape index (κ1) is 48.3. The van der Waals surface area contributed by atoms with Gasteiger partial charge in [-0.15, -0.1) is 0 Å². The molecule has 1 aliphatic carbocycles. The fraction of sp³-hybridized carbons (Fsp3) is 0.339. The van der Waals surface area contributed by atoms with Crippen molar-refractivity contribution in [2.24, 2.45) is 5.10 Å². The third-order valence-corrected chi connectivity index (χ3v) is 21.7. The lowest BCUT2D eigenvalue weighted by Gasteiger charge is -2.35. The lowest BCUT2D eigenvalue weighted by atomic mass is 10.0. The van der Waals surface area contributed by atoms with Crippen molar-refractivity contribution >= 4 is 74.0 Å². The largest absolute Gasteiger partial charge is 0.341 e. The van der Waals surface area contributed by atoms with Gasteiger partial charge in [0.25, 0.3) is 0 Å². The molecule has 0 unspecified atom stereocenters. The minimum atomic E-state index is -1.18. The van der Waals surface area contributed by atoms with E-state index in [1.54, 1.807) is 10.4 Å². The second kappa shape index (κ2) is 22.5. The third kappa shape index (κ3) is 13.4. The summed E-state index contributed by atoms with van der Waals surface area (Å²) in [5.41, 5.74) is 7.53. The molecule has 8 rings (SSSR count). The predicted molar refractivity (Wildman–Crippen MR) is 286 cm³/mol. The van der Waals surface area contributed by atoms with Crippen molar-refractivity contribution in [3.05, 3.63) is 169 Å². The summed E-state index contributed by atoms with van der Waals surface area (Å²) in [6, 6.07) is 57.8. The molecule has 1 fully saturated rings. The SMILES string of the molecule is CC(C)[Si](C)(C)c1ccccc1.CCn1c2ccccc2c2cc(/C=N\N(c3ccccc3)c3ccccc3)ccc21.C[Si](C)(C)C.C[Si](C)(c1ccccc1)C1CCCCC1. The van der Waals surface area contributed by atoms with Crippen molar-refractivity contribution in [3.8, 4) is 0 Å². The maximum Gasteiger partial charge on any atom is 0.0836 e. The van der Waals surface area contributed by atoms with Crippen LogP contribution in [0.5, 0.6) is 0 Å². The molecule has 0 saturated heterocycles. The van der Waals surface area contributed by atoms with E-state index < -0.39 is 24.2 Å². The van der Waals surface area contributed by atoms with Gasteiger partial charge in [0, 0.05) is 36.4 Å². The van der Waals surface area contributed by atoms with Gasteiger partial charge < -0.3 is 4.57 Å². The minimum Gasteiger partial charge on any atom is -0.341 e. The number of hydrogen-bond acceptors (Lipinski definition) is 2. The molecule has 1 aromatic heterocycles. The number of benzene rings is 6. The van der Waals surface area contributed by atoms with E-state index >= 15 is 0 Å². The van der Waals surface area contributed by atoms with E-state index in [0.29, 0.717) is 0 Å². The quantitative estimate of drug-likeness (QED) is 0.0804. The Morgan fingerprint density at radius 3 is 1.52 bits per heavy atom. The summed E-state index contributed by atoms with van der Waals surface area (Å²) in [5.74, 6) is 0. The number of hydrogen-bond donors (Lipinski definition) is 0. The van der Waals surface area contributed by atoms with Crippen LogP contribution in [0.25, 0.3) is 21.8 Å². The maximum atomic E-state index is 4.85. The molecule has 1 saturated carbocycles. The molecule has 0 N–H and O–H groups in total. The van der Waals surface area contributed by atoms with Crippen LogP contribution in [-0.4, -0.2) is 35.0 Å². The average Bonchev–Trinajstić information content (AvgIpc) is 3.61. The van der Waals surface area contributed by atoms with Crippen LogP contribution in [0.1, 0.15) is 58.4 Å². The van der Waals surface area contributed by atoms with Crippen molar-refractivity contribution in [3.63, 3.8) is 0 Å². The van der Waals surface area contributed by atoms with E-state index in [0.717, 1.165) is 34.6 Å². The number of anilines is 2. The molecular formula is C56H75N3Si3. The molecule has 6 heteroatoms. The number of nitrogens with zero attached hydrogens (tertiary/aromatic N) is 3. The summed E-state index contributed by atoms with van der Waals surface area (Å²) in [4.78, 5) is 0. The van der Waals surface area contributed by atoms with Crippen LogP contribution >= 0.6 is 0 Å². The van der Waals surface area contributed by atoms with Gasteiger partial charge in [0.05, 0.1) is 33.7 Å². The highest BCUT2D eigenvalue weighted by Crippen LogP contribution is 2.37. The zero-order valence-corrected chi connectivity index (χ0v) is 42.9. The first-order valence-electron chi connectivity index (χ1n) is 23.2. The van der Waals surface area contributed by atoms with Gasteiger partial charge in [0.15, 0.2) is 0 Å².